The summed E-state index contributed by atoms with van der Waals surface area (Å²) in [6.45, 7) is 7.28. The van der Waals surface area contributed by atoms with Gasteiger partial charge in [0, 0.05) is 38.6 Å². The summed E-state index contributed by atoms with van der Waals surface area (Å²) < 4.78 is 0. The summed E-state index contributed by atoms with van der Waals surface area (Å²) >= 11 is 0. The summed E-state index contributed by atoms with van der Waals surface area (Å²) in [7, 11) is 0. The van der Waals surface area contributed by atoms with Crippen LogP contribution in [-0.2, 0) is 37.7 Å². The number of aliphatic hydroxyl groups is 1. The van der Waals surface area contributed by atoms with Gasteiger partial charge in [-0.15, -0.1) is 70.8 Å². The Kier molecular flexibility index (Phi) is 17.7. The zero-order valence-electron chi connectivity index (χ0n) is 24.0. The van der Waals surface area contributed by atoms with E-state index >= 15 is 0 Å². The number of aromatic nitrogens is 2. The number of hydrogen-bond acceptors (Lipinski definition) is 4. The van der Waals surface area contributed by atoms with Crippen LogP contribution < -0.4 is 0 Å². The van der Waals surface area contributed by atoms with Crippen LogP contribution in [0.1, 0.15) is 64.5 Å². The van der Waals surface area contributed by atoms with Crippen molar-refractivity contribution >= 4 is 5.78 Å². The van der Waals surface area contributed by atoms with Crippen LogP contribution in [0.3, 0.4) is 0 Å². The molecular formula is C35H40IrN2O2-2. The smallest absolute Gasteiger partial charge is 0.155 e. The maximum atomic E-state index is 10.0. The zero-order valence-corrected chi connectivity index (χ0v) is 26.4. The first-order valence-electron chi connectivity index (χ1n) is 13.6. The third-order valence-electron chi connectivity index (χ3n) is 5.69. The number of ketones is 1. The van der Waals surface area contributed by atoms with E-state index in [1.165, 1.54) is 56.7 Å². The molecule has 0 saturated carbocycles. The van der Waals surface area contributed by atoms with E-state index in [1.54, 1.807) is 0 Å². The maximum absolute atomic E-state index is 10.0. The Hall–Kier alpha value is -3.40. The molecule has 0 saturated heterocycles. The molecule has 5 heteroatoms. The average molecular weight is 713 g/mol. The number of benzene rings is 2. The molecule has 0 atom stereocenters. The van der Waals surface area contributed by atoms with Crippen molar-refractivity contribution in [2.75, 3.05) is 0 Å². The van der Waals surface area contributed by atoms with E-state index in [0.29, 0.717) is 0 Å². The number of carbonyl (C=O) groups excluding carboxylic acids is 1. The summed E-state index contributed by atoms with van der Waals surface area (Å²) in [5.41, 5.74) is 6.85. The molecule has 0 aliphatic heterocycles. The van der Waals surface area contributed by atoms with Gasteiger partial charge in [0.25, 0.3) is 0 Å². The molecule has 0 unspecified atom stereocenters. The molecule has 1 N–H and O–H groups in total. The molecule has 0 bridgehead atoms. The van der Waals surface area contributed by atoms with Crippen LogP contribution in [0.2, 0.25) is 0 Å². The van der Waals surface area contributed by atoms with Gasteiger partial charge in [-0.05, 0) is 37.4 Å². The SMILES string of the molecule is CC(=O)C=C(C)O.CCCCc1c[c-]c(-c2ccccn2)cc1.CCCCc1c[c-]c(-c2ccccn2)cc1.[Ir]. The van der Waals surface area contributed by atoms with Gasteiger partial charge in [-0.25, -0.2) is 0 Å². The molecule has 2 aromatic heterocycles. The van der Waals surface area contributed by atoms with E-state index in [9.17, 15) is 4.79 Å². The van der Waals surface area contributed by atoms with Gasteiger partial charge in [-0.2, -0.15) is 0 Å². The number of hydrogen-bond donors (Lipinski definition) is 1. The van der Waals surface area contributed by atoms with Gasteiger partial charge in [0.1, 0.15) is 0 Å². The van der Waals surface area contributed by atoms with E-state index in [-0.39, 0.29) is 31.6 Å². The maximum Gasteiger partial charge on any atom is 0.155 e. The molecular weight excluding hydrogens is 673 g/mol. The predicted octanol–water partition coefficient (Wildman–Crippen LogP) is 8.82. The van der Waals surface area contributed by atoms with Crippen LogP contribution in [0.4, 0.5) is 0 Å². The second-order valence-corrected chi connectivity index (χ2v) is 9.25. The van der Waals surface area contributed by atoms with Crippen LogP contribution in [0.15, 0.2) is 97.0 Å². The fraction of sp³-hybridized carbons (Fsp3) is 0.286. The number of nitrogens with zero attached hydrogens (tertiary/aromatic N) is 2. The quantitative estimate of drug-likeness (QED) is 0.107. The Morgan fingerprint density at radius 3 is 1.45 bits per heavy atom. The van der Waals surface area contributed by atoms with Gasteiger partial charge >= 0.3 is 0 Å². The molecule has 2 heterocycles. The number of aryl methyl sites for hydroxylation is 2. The van der Waals surface area contributed by atoms with Crippen LogP contribution >= 0.6 is 0 Å². The fourth-order valence-corrected chi connectivity index (χ4v) is 3.64. The molecule has 2 aromatic carbocycles. The van der Waals surface area contributed by atoms with Crippen LogP contribution in [0, 0.1) is 12.1 Å². The Morgan fingerprint density at radius 2 is 1.20 bits per heavy atom. The van der Waals surface area contributed by atoms with Crippen molar-refractivity contribution in [1.82, 2.24) is 9.97 Å². The van der Waals surface area contributed by atoms with E-state index in [0.717, 1.165) is 35.4 Å². The summed E-state index contributed by atoms with van der Waals surface area (Å²) in [4.78, 5) is 18.6. The van der Waals surface area contributed by atoms with Gasteiger partial charge in [0.15, 0.2) is 5.78 Å². The number of rotatable bonds is 9. The van der Waals surface area contributed by atoms with Gasteiger partial charge in [0.05, 0.1) is 5.76 Å². The van der Waals surface area contributed by atoms with Gasteiger partial charge in [0.2, 0.25) is 0 Å². The first-order chi connectivity index (χ1) is 18.9. The Morgan fingerprint density at radius 1 is 0.750 bits per heavy atom. The summed E-state index contributed by atoms with van der Waals surface area (Å²) in [6, 6.07) is 31.2. The molecule has 40 heavy (non-hydrogen) atoms. The molecule has 0 aliphatic rings. The van der Waals surface area contributed by atoms with Gasteiger partial charge in [-0.1, -0.05) is 76.6 Å². The molecule has 0 amide bonds. The fourth-order valence-electron chi connectivity index (χ4n) is 3.64. The van der Waals surface area contributed by atoms with Crippen molar-refractivity contribution < 1.29 is 30.0 Å². The molecule has 4 rings (SSSR count). The average Bonchev–Trinajstić information content (AvgIpc) is 2.96. The number of pyridine rings is 2. The van der Waals surface area contributed by atoms with E-state index < -0.39 is 0 Å². The molecule has 4 nitrogen and oxygen atoms in total. The molecule has 0 spiro atoms. The topological polar surface area (TPSA) is 63.1 Å². The summed E-state index contributed by atoms with van der Waals surface area (Å²) in [6.07, 6.45) is 12.1. The standard InChI is InChI=1S/2C15H16N.C5H8O2.Ir/c2*1-2-3-6-13-8-10-14(11-9-13)15-7-4-5-12-16-15;1-4(6)3-5(2)7;/h2*4-5,7-10,12H,2-3,6H2,1H3;3,6H,1-2H3;/q2*-1;;. The van der Waals surface area contributed by atoms with Crippen LogP contribution in [-0.4, -0.2) is 20.9 Å². The van der Waals surface area contributed by atoms with Crippen LogP contribution in [0.25, 0.3) is 22.5 Å². The van der Waals surface area contributed by atoms with E-state index in [1.807, 2.05) is 48.8 Å². The minimum atomic E-state index is -0.125. The third-order valence-corrected chi connectivity index (χ3v) is 5.69. The molecule has 4 aromatic rings. The number of carbonyl (C=O) groups is 1. The second kappa shape index (κ2) is 20.5. The Balaban J connectivity index is 0.000000320. The normalized spacial score (nSPS) is 10.2. The number of aliphatic hydroxyl groups excluding tert-OH is 1. The van der Waals surface area contributed by atoms with E-state index in [2.05, 4.69) is 72.3 Å². The Bertz CT molecular complexity index is 1150. The molecule has 213 valence electrons. The van der Waals surface area contributed by atoms with Crippen molar-refractivity contribution in [3.05, 3.63) is 120 Å². The first-order valence-corrected chi connectivity index (χ1v) is 13.6. The van der Waals surface area contributed by atoms with Crippen molar-refractivity contribution in [2.45, 2.75) is 66.2 Å². The van der Waals surface area contributed by atoms with Crippen molar-refractivity contribution in [3.8, 4) is 22.5 Å². The molecule has 0 fully saturated rings. The van der Waals surface area contributed by atoms with E-state index in [4.69, 9.17) is 5.11 Å². The zero-order chi connectivity index (χ0) is 28.3. The minimum Gasteiger partial charge on any atom is -0.512 e. The van der Waals surface area contributed by atoms with Gasteiger partial charge in [-0.3, -0.25) is 4.79 Å². The van der Waals surface area contributed by atoms with Gasteiger partial charge < -0.3 is 15.1 Å². The third kappa shape index (κ3) is 14.1. The molecule has 0 aliphatic carbocycles. The van der Waals surface area contributed by atoms with Crippen molar-refractivity contribution in [1.29, 1.82) is 0 Å². The second-order valence-electron chi connectivity index (χ2n) is 9.25. The predicted molar refractivity (Wildman–Crippen MR) is 161 cm³/mol. The monoisotopic (exact) mass is 713 g/mol. The van der Waals surface area contributed by atoms with Crippen molar-refractivity contribution in [2.24, 2.45) is 0 Å². The molecule has 1 radical (unpaired) electrons. The summed E-state index contributed by atoms with van der Waals surface area (Å²) in [5.74, 6) is -0.0625. The number of unbranched alkanes of at least 4 members (excludes halogenated alkanes) is 2. The van der Waals surface area contributed by atoms with Crippen molar-refractivity contribution in [3.63, 3.8) is 0 Å². The Labute approximate surface area is 254 Å². The largest absolute Gasteiger partial charge is 0.512 e. The number of allylic oxidation sites excluding steroid dienone is 2. The van der Waals surface area contributed by atoms with Crippen LogP contribution in [0.5, 0.6) is 0 Å². The first kappa shape index (κ1) is 34.6. The summed E-state index contributed by atoms with van der Waals surface area (Å²) in [5, 5.41) is 8.36. The minimum absolute atomic E-state index is 0.